The van der Waals surface area contributed by atoms with E-state index in [1.807, 2.05) is 0 Å². The Hall–Kier alpha value is -1.10. The van der Waals surface area contributed by atoms with E-state index < -0.39 is 11.4 Å². The Balaban J connectivity index is 1.77. The van der Waals surface area contributed by atoms with E-state index in [-0.39, 0.29) is 18.0 Å². The molecule has 0 bridgehead atoms. The third kappa shape index (κ3) is 3.02. The lowest BCUT2D eigenvalue weighted by atomic mass is 9.80. The number of carbonyl (C=O) groups is 2. The highest BCUT2D eigenvalue weighted by molar-refractivity contribution is 5.81. The lowest BCUT2D eigenvalue weighted by Crippen LogP contribution is -2.47. The fourth-order valence-electron chi connectivity index (χ4n) is 2.70. The van der Waals surface area contributed by atoms with Crippen molar-refractivity contribution in [2.45, 2.75) is 56.9 Å². The molecule has 2 aliphatic rings. The zero-order chi connectivity index (χ0) is 13.2. The maximum absolute atomic E-state index is 11.8. The molecule has 0 unspecified atom stereocenters. The first-order valence-corrected chi connectivity index (χ1v) is 6.75. The van der Waals surface area contributed by atoms with Gasteiger partial charge in [0.1, 0.15) is 0 Å². The molecular formula is C13H22N2O3. The van der Waals surface area contributed by atoms with Crippen molar-refractivity contribution in [3.63, 3.8) is 0 Å². The molecule has 2 saturated carbocycles. The predicted molar refractivity (Wildman–Crippen MR) is 66.9 cm³/mol. The van der Waals surface area contributed by atoms with Crippen LogP contribution in [0, 0.1) is 5.41 Å². The second kappa shape index (κ2) is 4.88. The molecule has 2 aliphatic carbocycles. The first-order chi connectivity index (χ1) is 8.46. The molecular weight excluding hydrogens is 232 g/mol. The SMILES string of the molecule is NC1(CC(=O)NCC2(C(=O)O)CC2)CCCCC1. The quantitative estimate of drug-likeness (QED) is 0.683. The van der Waals surface area contributed by atoms with Gasteiger partial charge in [-0.25, -0.2) is 0 Å². The highest BCUT2D eigenvalue weighted by atomic mass is 16.4. The number of hydrogen-bond donors (Lipinski definition) is 3. The summed E-state index contributed by atoms with van der Waals surface area (Å²) in [5, 5.41) is 11.8. The minimum atomic E-state index is -0.803. The second-order valence-corrected chi connectivity index (χ2v) is 5.96. The van der Waals surface area contributed by atoms with Gasteiger partial charge in [-0.3, -0.25) is 9.59 Å². The second-order valence-electron chi connectivity index (χ2n) is 5.96. The van der Waals surface area contributed by atoms with Crippen LogP contribution >= 0.6 is 0 Å². The Morgan fingerprint density at radius 3 is 2.22 bits per heavy atom. The summed E-state index contributed by atoms with van der Waals surface area (Å²) in [5.41, 5.74) is 5.13. The van der Waals surface area contributed by atoms with Crippen LogP contribution in [-0.4, -0.2) is 29.1 Å². The van der Waals surface area contributed by atoms with Crippen molar-refractivity contribution in [3.8, 4) is 0 Å². The fraction of sp³-hybridized carbons (Fsp3) is 0.846. The molecule has 0 spiro atoms. The van der Waals surface area contributed by atoms with E-state index in [1.54, 1.807) is 0 Å². The average molecular weight is 254 g/mol. The van der Waals surface area contributed by atoms with E-state index in [9.17, 15) is 9.59 Å². The van der Waals surface area contributed by atoms with E-state index in [4.69, 9.17) is 10.8 Å². The van der Waals surface area contributed by atoms with Crippen molar-refractivity contribution in [1.29, 1.82) is 0 Å². The highest BCUT2D eigenvalue weighted by Crippen LogP contribution is 2.45. The summed E-state index contributed by atoms with van der Waals surface area (Å²) in [4.78, 5) is 22.8. The van der Waals surface area contributed by atoms with Crippen LogP contribution in [0.5, 0.6) is 0 Å². The lowest BCUT2D eigenvalue weighted by molar-refractivity contribution is -0.143. The maximum atomic E-state index is 11.8. The number of aliphatic carboxylic acids is 1. The fourth-order valence-corrected chi connectivity index (χ4v) is 2.70. The average Bonchev–Trinajstić information content (AvgIpc) is 3.08. The molecule has 18 heavy (non-hydrogen) atoms. The molecule has 102 valence electrons. The first kappa shape index (κ1) is 13.3. The number of carboxylic acid groups (broad SMARTS) is 1. The Morgan fingerprint density at radius 2 is 1.72 bits per heavy atom. The van der Waals surface area contributed by atoms with Crippen molar-refractivity contribution < 1.29 is 14.7 Å². The zero-order valence-corrected chi connectivity index (χ0v) is 10.7. The number of carboxylic acids is 1. The largest absolute Gasteiger partial charge is 0.481 e. The first-order valence-electron chi connectivity index (χ1n) is 6.75. The van der Waals surface area contributed by atoms with Crippen LogP contribution in [0.3, 0.4) is 0 Å². The van der Waals surface area contributed by atoms with Gasteiger partial charge in [0.2, 0.25) is 5.91 Å². The molecule has 0 heterocycles. The number of amides is 1. The van der Waals surface area contributed by atoms with Crippen molar-refractivity contribution in [2.75, 3.05) is 6.54 Å². The minimum Gasteiger partial charge on any atom is -0.481 e. The van der Waals surface area contributed by atoms with Gasteiger partial charge in [0.15, 0.2) is 0 Å². The van der Waals surface area contributed by atoms with Gasteiger partial charge >= 0.3 is 5.97 Å². The molecule has 5 heteroatoms. The summed E-state index contributed by atoms with van der Waals surface area (Å²) in [6.07, 6.45) is 6.80. The number of rotatable bonds is 5. The molecule has 1 amide bonds. The maximum Gasteiger partial charge on any atom is 0.311 e. The summed E-state index contributed by atoms with van der Waals surface area (Å²) in [5.74, 6) is -0.908. The number of hydrogen-bond acceptors (Lipinski definition) is 3. The molecule has 0 aromatic rings. The molecule has 4 N–H and O–H groups in total. The highest BCUT2D eigenvalue weighted by Gasteiger charge is 2.50. The van der Waals surface area contributed by atoms with Gasteiger partial charge in [0, 0.05) is 18.5 Å². The van der Waals surface area contributed by atoms with Crippen molar-refractivity contribution in [2.24, 2.45) is 11.1 Å². The number of nitrogens with two attached hydrogens (primary N) is 1. The minimum absolute atomic E-state index is 0.105. The molecule has 0 aromatic heterocycles. The van der Waals surface area contributed by atoms with Gasteiger partial charge in [-0.05, 0) is 25.7 Å². The number of nitrogens with one attached hydrogen (secondary N) is 1. The van der Waals surface area contributed by atoms with Crippen LogP contribution in [0.15, 0.2) is 0 Å². The van der Waals surface area contributed by atoms with Crippen LogP contribution in [0.4, 0.5) is 0 Å². The van der Waals surface area contributed by atoms with Crippen molar-refractivity contribution >= 4 is 11.9 Å². The van der Waals surface area contributed by atoms with Crippen molar-refractivity contribution in [3.05, 3.63) is 0 Å². The summed E-state index contributed by atoms with van der Waals surface area (Å²) in [7, 11) is 0. The van der Waals surface area contributed by atoms with E-state index >= 15 is 0 Å². The van der Waals surface area contributed by atoms with Crippen LogP contribution in [0.2, 0.25) is 0 Å². The topological polar surface area (TPSA) is 92.4 Å². The van der Waals surface area contributed by atoms with E-state index in [2.05, 4.69) is 5.32 Å². The molecule has 0 saturated heterocycles. The van der Waals surface area contributed by atoms with Gasteiger partial charge in [-0.2, -0.15) is 0 Å². The predicted octanol–water partition coefficient (Wildman–Crippen LogP) is 1.02. The Morgan fingerprint density at radius 1 is 1.11 bits per heavy atom. The van der Waals surface area contributed by atoms with E-state index in [0.29, 0.717) is 19.3 Å². The third-order valence-corrected chi connectivity index (χ3v) is 4.29. The molecule has 0 atom stereocenters. The van der Waals surface area contributed by atoms with Crippen LogP contribution in [0.25, 0.3) is 0 Å². The van der Waals surface area contributed by atoms with E-state index in [1.165, 1.54) is 6.42 Å². The van der Waals surface area contributed by atoms with Crippen LogP contribution in [-0.2, 0) is 9.59 Å². The summed E-state index contributed by atoms with van der Waals surface area (Å²) >= 11 is 0. The van der Waals surface area contributed by atoms with Crippen LogP contribution in [0.1, 0.15) is 51.4 Å². The number of carbonyl (C=O) groups excluding carboxylic acids is 1. The van der Waals surface area contributed by atoms with Gasteiger partial charge in [0.25, 0.3) is 0 Å². The standard InChI is InChI=1S/C13H22N2O3/c14-13(4-2-1-3-5-13)8-10(16)15-9-12(6-7-12)11(17)18/h1-9,14H2,(H,15,16)(H,17,18). The summed E-state index contributed by atoms with van der Waals surface area (Å²) in [6, 6.07) is 0. The molecule has 2 rings (SSSR count). The molecule has 0 radical (unpaired) electrons. The molecule has 2 fully saturated rings. The normalized spacial score (nSPS) is 24.3. The third-order valence-electron chi connectivity index (χ3n) is 4.29. The monoisotopic (exact) mass is 254 g/mol. The Kier molecular flexibility index (Phi) is 3.61. The van der Waals surface area contributed by atoms with Gasteiger partial charge in [0.05, 0.1) is 5.41 Å². The van der Waals surface area contributed by atoms with Crippen LogP contribution < -0.4 is 11.1 Å². The Bertz CT molecular complexity index is 344. The molecule has 0 aromatic carbocycles. The zero-order valence-electron chi connectivity index (χ0n) is 10.7. The van der Waals surface area contributed by atoms with Gasteiger partial charge in [-0.1, -0.05) is 19.3 Å². The summed E-state index contributed by atoms with van der Waals surface area (Å²) in [6.45, 7) is 0.247. The smallest absolute Gasteiger partial charge is 0.311 e. The van der Waals surface area contributed by atoms with E-state index in [0.717, 1.165) is 25.7 Å². The summed E-state index contributed by atoms with van der Waals surface area (Å²) < 4.78 is 0. The molecule has 5 nitrogen and oxygen atoms in total. The van der Waals surface area contributed by atoms with Gasteiger partial charge in [-0.15, -0.1) is 0 Å². The lowest BCUT2D eigenvalue weighted by Gasteiger charge is -2.32. The molecule has 0 aliphatic heterocycles. The van der Waals surface area contributed by atoms with Gasteiger partial charge < -0.3 is 16.2 Å². The van der Waals surface area contributed by atoms with Crippen molar-refractivity contribution in [1.82, 2.24) is 5.32 Å². The Labute approximate surface area is 107 Å².